The van der Waals surface area contributed by atoms with Crippen molar-refractivity contribution in [1.29, 1.82) is 0 Å². The number of anilines is 1. The Labute approximate surface area is 150 Å². The third-order valence-electron chi connectivity index (χ3n) is 3.10. The van der Waals surface area contributed by atoms with E-state index in [-0.39, 0.29) is 0 Å². The Morgan fingerprint density at radius 2 is 2.24 bits per heavy atom. The molecule has 25 heavy (non-hydrogen) atoms. The van der Waals surface area contributed by atoms with Crippen LogP contribution < -0.4 is 14.9 Å². The number of methoxy groups -OCH3 is 1. The van der Waals surface area contributed by atoms with E-state index in [0.717, 1.165) is 16.4 Å². The van der Waals surface area contributed by atoms with Gasteiger partial charge in [-0.1, -0.05) is 0 Å². The largest absolute Gasteiger partial charge is 0.490 e. The Kier molecular flexibility index (Phi) is 6.76. The predicted octanol–water partition coefficient (Wildman–Crippen LogP) is 3.24. The molecule has 0 aliphatic rings. The van der Waals surface area contributed by atoms with Crippen molar-refractivity contribution in [3.63, 3.8) is 0 Å². The molecular weight excluding hydrogens is 342 g/mol. The van der Waals surface area contributed by atoms with E-state index in [2.05, 4.69) is 20.2 Å². The van der Waals surface area contributed by atoms with E-state index in [1.54, 1.807) is 25.3 Å². The van der Waals surface area contributed by atoms with Gasteiger partial charge in [0.25, 0.3) is 0 Å². The van der Waals surface area contributed by atoms with Crippen LogP contribution in [0.25, 0.3) is 0 Å². The van der Waals surface area contributed by atoms with Gasteiger partial charge in [-0.25, -0.2) is 9.78 Å². The second-order valence-electron chi connectivity index (χ2n) is 5.09. The molecular formula is C17H21N3O4S. The smallest absolute Gasteiger partial charge is 0.346 e. The Hall–Kier alpha value is -2.61. The summed E-state index contributed by atoms with van der Waals surface area (Å²) in [5.41, 5.74) is 4.65. The van der Waals surface area contributed by atoms with Crippen molar-refractivity contribution in [2.24, 2.45) is 5.10 Å². The van der Waals surface area contributed by atoms with Gasteiger partial charge in [0, 0.05) is 5.38 Å². The number of carbonyl (C=O) groups excluding carboxylic acids is 1. The minimum absolute atomic E-state index is 0.448. The normalized spacial score (nSPS) is 12.0. The minimum Gasteiger partial charge on any atom is -0.490 e. The van der Waals surface area contributed by atoms with Crippen LogP contribution in [-0.4, -0.2) is 37.0 Å². The second-order valence-corrected chi connectivity index (χ2v) is 5.94. The molecule has 1 heterocycles. The van der Waals surface area contributed by atoms with Gasteiger partial charge in [-0.3, -0.25) is 5.43 Å². The molecule has 0 aliphatic carbocycles. The van der Waals surface area contributed by atoms with Gasteiger partial charge in [0.1, 0.15) is 0 Å². The first kappa shape index (κ1) is 18.7. The van der Waals surface area contributed by atoms with Gasteiger partial charge >= 0.3 is 5.97 Å². The standard InChI is InChI=1S/C17H21N3O4S/c1-5-23-15-8-13(9-18-20-17-19-11(2)10-25-17)6-7-14(15)24-12(3)16(21)22-4/h6-10,12H,5H2,1-4H3,(H,19,20). The quantitative estimate of drug-likeness (QED) is 0.440. The monoisotopic (exact) mass is 363 g/mol. The molecule has 1 aromatic carbocycles. The topological polar surface area (TPSA) is 82.0 Å². The van der Waals surface area contributed by atoms with Crippen LogP contribution in [0.1, 0.15) is 25.1 Å². The molecule has 0 amide bonds. The van der Waals surface area contributed by atoms with Crippen molar-refractivity contribution >= 4 is 28.7 Å². The number of nitrogens with one attached hydrogen (secondary N) is 1. The lowest BCUT2D eigenvalue weighted by molar-refractivity contribution is -0.147. The number of nitrogens with zero attached hydrogens (tertiary/aromatic N) is 2. The lowest BCUT2D eigenvalue weighted by Gasteiger charge is -2.16. The fraction of sp³-hybridized carbons (Fsp3) is 0.353. The molecule has 8 heteroatoms. The van der Waals surface area contributed by atoms with E-state index in [1.165, 1.54) is 18.4 Å². The summed E-state index contributed by atoms with van der Waals surface area (Å²) in [5, 5.41) is 6.83. The first-order chi connectivity index (χ1) is 12.0. The molecule has 0 radical (unpaired) electrons. The predicted molar refractivity (Wildman–Crippen MR) is 97.8 cm³/mol. The lowest BCUT2D eigenvalue weighted by atomic mass is 10.2. The molecule has 2 aromatic rings. The number of aromatic nitrogens is 1. The average molecular weight is 363 g/mol. The molecule has 2 rings (SSSR count). The number of benzene rings is 1. The molecule has 0 saturated heterocycles. The van der Waals surface area contributed by atoms with Crippen LogP contribution in [0.15, 0.2) is 28.7 Å². The number of hydrogen-bond donors (Lipinski definition) is 1. The number of hydrazone groups is 1. The molecule has 7 nitrogen and oxygen atoms in total. The second kappa shape index (κ2) is 9.03. The summed E-state index contributed by atoms with van der Waals surface area (Å²) < 4.78 is 15.9. The van der Waals surface area contributed by atoms with Gasteiger partial charge in [-0.2, -0.15) is 5.10 Å². The summed E-state index contributed by atoms with van der Waals surface area (Å²) in [7, 11) is 1.32. The zero-order chi connectivity index (χ0) is 18.2. The highest BCUT2D eigenvalue weighted by Gasteiger charge is 2.17. The molecule has 0 spiro atoms. The molecule has 0 saturated carbocycles. The number of thiazole rings is 1. The number of hydrogen-bond acceptors (Lipinski definition) is 8. The summed E-state index contributed by atoms with van der Waals surface area (Å²) in [5.74, 6) is 0.559. The van der Waals surface area contributed by atoms with Crippen LogP contribution in [0, 0.1) is 6.92 Å². The van der Waals surface area contributed by atoms with Crippen LogP contribution in [0.2, 0.25) is 0 Å². The fourth-order valence-electron chi connectivity index (χ4n) is 1.94. The van der Waals surface area contributed by atoms with Crippen LogP contribution in [0.4, 0.5) is 5.13 Å². The van der Waals surface area contributed by atoms with E-state index in [4.69, 9.17) is 9.47 Å². The van der Waals surface area contributed by atoms with Gasteiger partial charge in [0.05, 0.1) is 25.6 Å². The lowest BCUT2D eigenvalue weighted by Crippen LogP contribution is -2.25. The average Bonchev–Trinajstić information content (AvgIpc) is 3.01. The number of ether oxygens (including phenoxy) is 3. The Bertz CT molecular complexity index is 745. The Balaban J connectivity index is 2.09. The highest BCUT2D eigenvalue weighted by atomic mass is 32.1. The maximum Gasteiger partial charge on any atom is 0.346 e. The van der Waals surface area contributed by atoms with Crippen molar-refractivity contribution in [3.8, 4) is 11.5 Å². The maximum absolute atomic E-state index is 11.5. The first-order valence-electron chi connectivity index (χ1n) is 7.76. The molecule has 1 unspecified atom stereocenters. The summed E-state index contributed by atoms with van der Waals surface area (Å²) in [6.07, 6.45) is 0.936. The van der Waals surface area contributed by atoms with Crippen molar-refractivity contribution < 1.29 is 19.0 Å². The number of carbonyl (C=O) groups is 1. The third-order valence-corrected chi connectivity index (χ3v) is 3.96. The van der Waals surface area contributed by atoms with Crippen molar-refractivity contribution in [2.75, 3.05) is 19.1 Å². The van der Waals surface area contributed by atoms with Gasteiger partial charge in [-0.15, -0.1) is 11.3 Å². The number of esters is 1. The van der Waals surface area contributed by atoms with Gasteiger partial charge in [0.2, 0.25) is 5.13 Å². The van der Waals surface area contributed by atoms with E-state index in [0.29, 0.717) is 18.1 Å². The maximum atomic E-state index is 11.5. The number of aryl methyl sites for hydroxylation is 1. The number of rotatable bonds is 8. The molecule has 1 aromatic heterocycles. The highest BCUT2D eigenvalue weighted by Crippen LogP contribution is 2.29. The van der Waals surface area contributed by atoms with Crippen molar-refractivity contribution in [2.45, 2.75) is 26.9 Å². The molecule has 1 N–H and O–H groups in total. The van der Waals surface area contributed by atoms with Gasteiger partial charge in [-0.05, 0) is 44.5 Å². The highest BCUT2D eigenvalue weighted by molar-refractivity contribution is 7.13. The fourth-order valence-corrected chi connectivity index (χ4v) is 2.58. The summed E-state index contributed by atoms with van der Waals surface area (Å²) in [4.78, 5) is 15.8. The molecule has 1 atom stereocenters. The molecule has 0 bridgehead atoms. The first-order valence-corrected chi connectivity index (χ1v) is 8.64. The van der Waals surface area contributed by atoms with E-state index in [1.807, 2.05) is 25.3 Å². The summed E-state index contributed by atoms with van der Waals surface area (Å²) in [6.45, 7) is 5.89. The van der Waals surface area contributed by atoms with Crippen LogP contribution in [-0.2, 0) is 9.53 Å². The summed E-state index contributed by atoms with van der Waals surface area (Å²) in [6, 6.07) is 5.35. The third kappa shape index (κ3) is 5.46. The molecule has 0 fully saturated rings. The van der Waals surface area contributed by atoms with Crippen molar-refractivity contribution in [3.05, 3.63) is 34.8 Å². The zero-order valence-corrected chi connectivity index (χ0v) is 15.4. The summed E-state index contributed by atoms with van der Waals surface area (Å²) >= 11 is 1.49. The van der Waals surface area contributed by atoms with E-state index >= 15 is 0 Å². The molecule has 0 aliphatic heterocycles. The zero-order valence-electron chi connectivity index (χ0n) is 14.6. The van der Waals surface area contributed by atoms with Crippen LogP contribution in [0.5, 0.6) is 11.5 Å². The Morgan fingerprint density at radius 3 is 2.88 bits per heavy atom. The van der Waals surface area contributed by atoms with E-state index in [9.17, 15) is 4.79 Å². The minimum atomic E-state index is -0.724. The van der Waals surface area contributed by atoms with Crippen LogP contribution in [0.3, 0.4) is 0 Å². The van der Waals surface area contributed by atoms with Crippen molar-refractivity contribution in [1.82, 2.24) is 4.98 Å². The van der Waals surface area contributed by atoms with E-state index < -0.39 is 12.1 Å². The molecule has 134 valence electrons. The Morgan fingerprint density at radius 1 is 1.44 bits per heavy atom. The van der Waals surface area contributed by atoms with Crippen LogP contribution >= 0.6 is 11.3 Å². The van der Waals surface area contributed by atoms with Gasteiger partial charge < -0.3 is 14.2 Å². The van der Waals surface area contributed by atoms with Gasteiger partial charge in [0.15, 0.2) is 17.6 Å². The SMILES string of the molecule is CCOc1cc(C=NNc2nc(C)cs2)ccc1OC(C)C(=O)OC.